The van der Waals surface area contributed by atoms with Crippen molar-refractivity contribution in [3.8, 4) is 11.5 Å². The summed E-state index contributed by atoms with van der Waals surface area (Å²) >= 11 is 0. The zero-order chi connectivity index (χ0) is 17.5. The highest BCUT2D eigenvalue weighted by Crippen LogP contribution is 2.26. The van der Waals surface area contributed by atoms with Crippen LogP contribution >= 0.6 is 0 Å². The maximum atomic E-state index is 11.7. The largest absolute Gasteiger partial charge is 0.494 e. The van der Waals surface area contributed by atoms with Gasteiger partial charge in [-0.3, -0.25) is 0 Å². The number of rotatable bonds is 7. The Morgan fingerprint density at radius 1 is 1.08 bits per heavy atom. The van der Waals surface area contributed by atoms with Gasteiger partial charge in [0, 0.05) is 0 Å². The Morgan fingerprint density at radius 2 is 1.83 bits per heavy atom. The minimum Gasteiger partial charge on any atom is -0.494 e. The van der Waals surface area contributed by atoms with Crippen LogP contribution in [0.15, 0.2) is 42.5 Å². The molecule has 2 aromatic rings. The highest BCUT2D eigenvalue weighted by molar-refractivity contribution is 6.20. The first-order valence-electron chi connectivity index (χ1n) is 7.96. The minimum atomic E-state index is -0.972. The molecule has 0 saturated carbocycles. The third kappa shape index (κ3) is 4.38. The molecule has 0 atom stereocenters. The van der Waals surface area contributed by atoms with Crippen molar-refractivity contribution in [3.63, 3.8) is 0 Å². The van der Waals surface area contributed by atoms with Gasteiger partial charge in [0.1, 0.15) is 11.5 Å². The molecule has 0 aromatic heterocycles. The average molecular weight is 326 g/mol. The third-order valence-electron chi connectivity index (χ3n) is 3.50. The van der Waals surface area contributed by atoms with Gasteiger partial charge >= 0.3 is 5.97 Å². The van der Waals surface area contributed by atoms with Gasteiger partial charge in [0.05, 0.1) is 18.8 Å². The molecule has 2 aromatic carbocycles. The van der Waals surface area contributed by atoms with Crippen LogP contribution in [0.1, 0.15) is 30.5 Å². The Balaban J connectivity index is 2.41. The molecule has 1 N–H and O–H groups in total. The summed E-state index contributed by atoms with van der Waals surface area (Å²) in [7, 11) is 0. The van der Waals surface area contributed by atoms with E-state index in [1.165, 1.54) is 0 Å². The topological polar surface area (TPSA) is 55.8 Å². The monoisotopic (exact) mass is 326 g/mol. The highest BCUT2D eigenvalue weighted by atomic mass is 16.5. The molecule has 0 amide bonds. The van der Waals surface area contributed by atoms with Crippen molar-refractivity contribution in [1.82, 2.24) is 0 Å². The van der Waals surface area contributed by atoms with E-state index in [1.54, 1.807) is 12.1 Å². The first kappa shape index (κ1) is 17.6. The first-order chi connectivity index (χ1) is 11.5. The van der Waals surface area contributed by atoms with Crippen molar-refractivity contribution in [1.29, 1.82) is 0 Å². The molecule has 0 bridgehead atoms. The van der Waals surface area contributed by atoms with E-state index < -0.39 is 5.97 Å². The van der Waals surface area contributed by atoms with Crippen molar-refractivity contribution < 1.29 is 19.4 Å². The van der Waals surface area contributed by atoms with Crippen LogP contribution in [0.4, 0.5) is 0 Å². The number of carbonyl (C=O) groups is 1. The molecule has 24 heavy (non-hydrogen) atoms. The second-order valence-corrected chi connectivity index (χ2v) is 5.28. The van der Waals surface area contributed by atoms with Gasteiger partial charge in [-0.15, -0.1) is 0 Å². The molecule has 0 saturated heterocycles. The van der Waals surface area contributed by atoms with Crippen LogP contribution in [0, 0.1) is 6.92 Å². The van der Waals surface area contributed by atoms with Gasteiger partial charge in [0.25, 0.3) is 0 Å². The lowest BCUT2D eigenvalue weighted by Gasteiger charge is -2.10. The maximum Gasteiger partial charge on any atom is 0.336 e. The van der Waals surface area contributed by atoms with Gasteiger partial charge < -0.3 is 14.6 Å². The van der Waals surface area contributed by atoms with E-state index in [2.05, 4.69) is 0 Å². The lowest BCUT2D eigenvalue weighted by atomic mass is 10.0. The molecule has 126 valence electrons. The number of benzene rings is 2. The minimum absolute atomic E-state index is 0.231. The number of hydrogen-bond donors (Lipinski definition) is 1. The Morgan fingerprint density at radius 3 is 2.46 bits per heavy atom. The number of carboxylic acids is 1. The molecule has 0 heterocycles. The van der Waals surface area contributed by atoms with E-state index in [0.717, 1.165) is 22.6 Å². The molecule has 0 fully saturated rings. The molecule has 0 aliphatic heterocycles. The molecule has 4 nitrogen and oxygen atoms in total. The summed E-state index contributed by atoms with van der Waals surface area (Å²) in [5.41, 5.74) is 2.56. The van der Waals surface area contributed by atoms with Crippen molar-refractivity contribution in [2.24, 2.45) is 0 Å². The molecule has 0 radical (unpaired) electrons. The number of carboxylic acid groups (broad SMARTS) is 1. The Hall–Kier alpha value is -2.75. The summed E-state index contributed by atoms with van der Waals surface area (Å²) in [5, 5.41) is 9.59. The molecule has 0 unspecified atom stereocenters. The highest BCUT2D eigenvalue weighted by Gasteiger charge is 2.12. The van der Waals surface area contributed by atoms with E-state index >= 15 is 0 Å². The van der Waals surface area contributed by atoms with Gasteiger partial charge in [-0.2, -0.15) is 0 Å². The van der Waals surface area contributed by atoms with Gasteiger partial charge in [-0.1, -0.05) is 18.2 Å². The van der Waals surface area contributed by atoms with Crippen LogP contribution in [-0.2, 0) is 4.79 Å². The second-order valence-electron chi connectivity index (χ2n) is 5.28. The van der Waals surface area contributed by atoms with Crippen LogP contribution in [-0.4, -0.2) is 24.3 Å². The van der Waals surface area contributed by atoms with Crippen molar-refractivity contribution >= 4 is 17.6 Å². The molecule has 4 heteroatoms. The lowest BCUT2D eigenvalue weighted by molar-refractivity contribution is -0.130. The zero-order valence-electron chi connectivity index (χ0n) is 14.2. The van der Waals surface area contributed by atoms with Crippen molar-refractivity contribution in [2.45, 2.75) is 20.8 Å². The predicted octanol–water partition coefficient (Wildman–Crippen LogP) is 4.42. The van der Waals surface area contributed by atoms with E-state index in [-0.39, 0.29) is 5.57 Å². The van der Waals surface area contributed by atoms with Crippen LogP contribution in [0.5, 0.6) is 11.5 Å². The quantitative estimate of drug-likeness (QED) is 0.604. The molecule has 0 aliphatic carbocycles. The summed E-state index contributed by atoms with van der Waals surface area (Å²) in [6.07, 6.45) is 1.65. The van der Waals surface area contributed by atoms with E-state index in [9.17, 15) is 9.90 Å². The zero-order valence-corrected chi connectivity index (χ0v) is 14.2. The van der Waals surface area contributed by atoms with Crippen molar-refractivity contribution in [3.05, 3.63) is 59.2 Å². The van der Waals surface area contributed by atoms with Crippen molar-refractivity contribution in [2.75, 3.05) is 13.2 Å². The van der Waals surface area contributed by atoms with E-state index in [4.69, 9.17) is 9.47 Å². The van der Waals surface area contributed by atoms with Crippen LogP contribution in [0.25, 0.3) is 11.6 Å². The molecule has 2 rings (SSSR count). The lowest BCUT2D eigenvalue weighted by Crippen LogP contribution is -2.01. The summed E-state index contributed by atoms with van der Waals surface area (Å²) < 4.78 is 11.0. The molecular weight excluding hydrogens is 304 g/mol. The molecule has 0 aliphatic rings. The number of aliphatic carboxylic acids is 1. The van der Waals surface area contributed by atoms with Crippen LogP contribution in [0.2, 0.25) is 0 Å². The Bertz CT molecular complexity index is 747. The first-order valence-corrected chi connectivity index (χ1v) is 7.96. The van der Waals surface area contributed by atoms with Crippen LogP contribution < -0.4 is 9.47 Å². The fourth-order valence-corrected chi connectivity index (χ4v) is 2.43. The Labute approximate surface area is 142 Å². The van der Waals surface area contributed by atoms with Crippen LogP contribution in [0.3, 0.4) is 0 Å². The standard InChI is InChI=1S/C20H22O4/c1-4-23-17-8-6-7-15(12-17)13-18(20(21)22)16-9-10-19(24-5-2)14(3)11-16/h6-13H,4-5H2,1-3H3,(H,21,22)/b18-13-. The third-order valence-corrected chi connectivity index (χ3v) is 3.50. The average Bonchev–Trinajstić information content (AvgIpc) is 2.55. The number of ether oxygens (including phenoxy) is 2. The summed E-state index contributed by atoms with van der Waals surface area (Å²) in [6, 6.07) is 12.8. The summed E-state index contributed by atoms with van der Waals surface area (Å²) in [4.78, 5) is 11.7. The Kier molecular flexibility index (Phi) is 6.01. The van der Waals surface area contributed by atoms with E-state index in [1.807, 2.05) is 57.2 Å². The number of aryl methyl sites for hydroxylation is 1. The maximum absolute atomic E-state index is 11.7. The SMILES string of the molecule is CCOc1cccc(/C=C(\C(=O)O)c2ccc(OCC)c(C)c2)c1. The van der Waals surface area contributed by atoms with Gasteiger partial charge in [0.15, 0.2) is 0 Å². The summed E-state index contributed by atoms with van der Waals surface area (Å²) in [6.45, 7) is 6.88. The number of hydrogen-bond acceptors (Lipinski definition) is 3. The smallest absolute Gasteiger partial charge is 0.336 e. The fraction of sp³-hybridized carbons (Fsp3) is 0.250. The van der Waals surface area contributed by atoms with Gasteiger partial charge in [-0.05, 0) is 67.8 Å². The summed E-state index contributed by atoms with van der Waals surface area (Å²) in [5.74, 6) is 0.517. The van der Waals surface area contributed by atoms with Gasteiger partial charge in [-0.25, -0.2) is 4.79 Å². The van der Waals surface area contributed by atoms with E-state index in [0.29, 0.717) is 18.8 Å². The second kappa shape index (κ2) is 8.20. The molecule has 0 spiro atoms. The fourth-order valence-electron chi connectivity index (χ4n) is 2.43. The van der Waals surface area contributed by atoms with Gasteiger partial charge in [0.2, 0.25) is 0 Å². The normalized spacial score (nSPS) is 11.2. The molecular formula is C20H22O4. The predicted molar refractivity (Wildman–Crippen MR) is 95.5 cm³/mol.